The molecule has 6 nitrogen and oxygen atoms in total. The Hall–Kier alpha value is -1.14. The summed E-state index contributed by atoms with van der Waals surface area (Å²) in [6.07, 6.45) is 1.35. The topological polar surface area (TPSA) is 78.9 Å². The molecule has 102 valence electrons. The third-order valence-corrected chi connectivity index (χ3v) is 3.64. The summed E-state index contributed by atoms with van der Waals surface area (Å²) < 4.78 is 5.24. The minimum Gasteiger partial charge on any atom is -0.481 e. The Morgan fingerprint density at radius 3 is 2.50 bits per heavy atom. The first-order valence-corrected chi connectivity index (χ1v) is 6.43. The molecule has 1 saturated carbocycles. The van der Waals surface area contributed by atoms with Gasteiger partial charge in [-0.3, -0.25) is 14.5 Å². The van der Waals surface area contributed by atoms with E-state index in [1.165, 1.54) is 0 Å². The summed E-state index contributed by atoms with van der Waals surface area (Å²) >= 11 is 0. The molecule has 0 bridgehead atoms. The summed E-state index contributed by atoms with van der Waals surface area (Å²) in [5, 5.41) is 11.6. The van der Waals surface area contributed by atoms with Crippen LogP contribution < -0.4 is 5.32 Å². The molecular weight excluding hydrogens is 236 g/mol. The van der Waals surface area contributed by atoms with E-state index >= 15 is 0 Å². The lowest BCUT2D eigenvalue weighted by atomic mass is 10.0. The second kappa shape index (κ2) is 5.67. The van der Waals surface area contributed by atoms with Gasteiger partial charge in [0, 0.05) is 26.2 Å². The maximum atomic E-state index is 11.9. The molecule has 18 heavy (non-hydrogen) atoms. The van der Waals surface area contributed by atoms with E-state index in [1.807, 2.05) is 0 Å². The first kappa shape index (κ1) is 13.3. The van der Waals surface area contributed by atoms with Gasteiger partial charge in [-0.25, -0.2) is 0 Å². The molecule has 0 atom stereocenters. The summed E-state index contributed by atoms with van der Waals surface area (Å²) in [5.41, 5.74) is -0.614. The van der Waals surface area contributed by atoms with Gasteiger partial charge >= 0.3 is 5.97 Å². The molecule has 6 heteroatoms. The molecule has 2 rings (SSSR count). The Kier molecular flexibility index (Phi) is 4.19. The molecule has 0 unspecified atom stereocenters. The van der Waals surface area contributed by atoms with Crippen molar-refractivity contribution in [3.8, 4) is 0 Å². The molecule has 0 aromatic rings. The van der Waals surface area contributed by atoms with Gasteiger partial charge in [0.15, 0.2) is 0 Å². The number of morpholine rings is 1. The number of nitrogens with zero attached hydrogens (tertiary/aromatic N) is 1. The molecule has 0 aromatic heterocycles. The standard InChI is InChI=1S/C12H20N2O4/c15-10(16)9-12(1-2-12)11(17)13-3-4-14-5-7-18-8-6-14/h1-9H2,(H,13,17)(H,15,16). The number of carbonyl (C=O) groups is 2. The number of carboxylic acids is 1. The van der Waals surface area contributed by atoms with Crippen LogP contribution in [0.25, 0.3) is 0 Å². The quantitative estimate of drug-likeness (QED) is 0.681. The van der Waals surface area contributed by atoms with Crippen molar-refractivity contribution >= 4 is 11.9 Å². The molecule has 2 fully saturated rings. The highest BCUT2D eigenvalue weighted by atomic mass is 16.5. The number of nitrogens with one attached hydrogen (secondary N) is 1. The Morgan fingerprint density at radius 1 is 1.28 bits per heavy atom. The van der Waals surface area contributed by atoms with Crippen molar-refractivity contribution in [1.29, 1.82) is 0 Å². The fourth-order valence-corrected chi connectivity index (χ4v) is 2.26. The Morgan fingerprint density at radius 2 is 1.94 bits per heavy atom. The van der Waals surface area contributed by atoms with E-state index in [0.29, 0.717) is 19.4 Å². The zero-order chi connectivity index (χ0) is 13.0. The lowest BCUT2D eigenvalue weighted by Crippen LogP contribution is -2.43. The summed E-state index contributed by atoms with van der Waals surface area (Å²) in [6, 6.07) is 0. The van der Waals surface area contributed by atoms with E-state index in [0.717, 1.165) is 32.8 Å². The summed E-state index contributed by atoms with van der Waals surface area (Å²) in [5.74, 6) is -0.992. The molecule has 0 aromatic carbocycles. The van der Waals surface area contributed by atoms with Gasteiger partial charge < -0.3 is 15.2 Å². The molecule has 0 spiro atoms. The minimum atomic E-state index is -0.893. The number of hydrogen-bond acceptors (Lipinski definition) is 4. The average molecular weight is 256 g/mol. The second-order valence-corrected chi connectivity index (χ2v) is 5.06. The Bertz CT molecular complexity index is 322. The molecule has 0 radical (unpaired) electrons. The van der Waals surface area contributed by atoms with Crippen molar-refractivity contribution in [2.24, 2.45) is 5.41 Å². The summed E-state index contributed by atoms with van der Waals surface area (Å²) in [4.78, 5) is 24.8. The number of carbonyl (C=O) groups excluding carboxylic acids is 1. The summed E-state index contributed by atoms with van der Waals surface area (Å²) in [7, 11) is 0. The number of hydrogen-bond donors (Lipinski definition) is 2. The van der Waals surface area contributed by atoms with Crippen LogP contribution in [-0.4, -0.2) is 61.3 Å². The largest absolute Gasteiger partial charge is 0.481 e. The van der Waals surface area contributed by atoms with Crippen LogP contribution in [0, 0.1) is 5.41 Å². The fraction of sp³-hybridized carbons (Fsp3) is 0.833. The van der Waals surface area contributed by atoms with E-state index < -0.39 is 11.4 Å². The van der Waals surface area contributed by atoms with Crippen LogP contribution in [0.5, 0.6) is 0 Å². The van der Waals surface area contributed by atoms with Gasteiger partial charge in [-0.2, -0.15) is 0 Å². The van der Waals surface area contributed by atoms with Crippen molar-refractivity contribution in [3.63, 3.8) is 0 Å². The Balaban J connectivity index is 1.67. The monoisotopic (exact) mass is 256 g/mol. The first-order valence-electron chi connectivity index (χ1n) is 6.43. The van der Waals surface area contributed by atoms with Crippen LogP contribution >= 0.6 is 0 Å². The molecule has 1 aliphatic carbocycles. The van der Waals surface area contributed by atoms with E-state index in [1.54, 1.807) is 0 Å². The highest BCUT2D eigenvalue weighted by molar-refractivity contribution is 5.89. The lowest BCUT2D eigenvalue weighted by Gasteiger charge is -2.26. The van der Waals surface area contributed by atoms with Crippen LogP contribution in [0.2, 0.25) is 0 Å². The predicted octanol–water partition coefficient (Wildman–Crippen LogP) is -0.310. The van der Waals surface area contributed by atoms with Crippen molar-refractivity contribution < 1.29 is 19.4 Å². The number of amides is 1. The van der Waals surface area contributed by atoms with Crippen LogP contribution in [0.4, 0.5) is 0 Å². The van der Waals surface area contributed by atoms with Crippen molar-refractivity contribution in [3.05, 3.63) is 0 Å². The maximum Gasteiger partial charge on any atom is 0.304 e. The minimum absolute atomic E-state index is 0.0453. The normalized spacial score (nSPS) is 22.4. The van der Waals surface area contributed by atoms with Crippen molar-refractivity contribution in [1.82, 2.24) is 10.2 Å². The van der Waals surface area contributed by atoms with Gasteiger partial charge in [0.1, 0.15) is 0 Å². The van der Waals surface area contributed by atoms with Crippen molar-refractivity contribution in [2.45, 2.75) is 19.3 Å². The van der Waals surface area contributed by atoms with Crippen LogP contribution in [0.1, 0.15) is 19.3 Å². The Labute approximate surface area is 106 Å². The lowest BCUT2D eigenvalue weighted by molar-refractivity contribution is -0.142. The predicted molar refractivity (Wildman–Crippen MR) is 64.2 cm³/mol. The van der Waals surface area contributed by atoms with Gasteiger partial charge in [0.25, 0.3) is 0 Å². The molecule has 2 N–H and O–H groups in total. The highest BCUT2D eigenvalue weighted by Crippen LogP contribution is 2.48. The van der Waals surface area contributed by atoms with Gasteiger partial charge in [-0.15, -0.1) is 0 Å². The molecule has 1 saturated heterocycles. The number of rotatable bonds is 6. The highest BCUT2D eigenvalue weighted by Gasteiger charge is 2.51. The van der Waals surface area contributed by atoms with E-state index in [9.17, 15) is 9.59 Å². The SMILES string of the molecule is O=C(O)CC1(C(=O)NCCN2CCOCC2)CC1. The van der Waals surface area contributed by atoms with E-state index in [2.05, 4.69) is 10.2 Å². The van der Waals surface area contributed by atoms with Crippen LogP contribution in [0.15, 0.2) is 0 Å². The molecule has 1 heterocycles. The number of ether oxygens (including phenoxy) is 1. The molecule has 1 aliphatic heterocycles. The zero-order valence-corrected chi connectivity index (χ0v) is 10.5. The third kappa shape index (κ3) is 3.43. The van der Waals surface area contributed by atoms with Gasteiger partial charge in [0.05, 0.1) is 25.0 Å². The molecular formula is C12H20N2O4. The maximum absolute atomic E-state index is 11.9. The summed E-state index contributed by atoms with van der Waals surface area (Å²) in [6.45, 7) is 4.68. The number of carboxylic acid groups (broad SMARTS) is 1. The van der Waals surface area contributed by atoms with Crippen molar-refractivity contribution in [2.75, 3.05) is 39.4 Å². The van der Waals surface area contributed by atoms with Gasteiger partial charge in [0.2, 0.25) is 5.91 Å². The number of aliphatic carboxylic acids is 1. The third-order valence-electron chi connectivity index (χ3n) is 3.64. The van der Waals surface area contributed by atoms with Crippen LogP contribution in [-0.2, 0) is 14.3 Å². The van der Waals surface area contributed by atoms with Crippen LogP contribution in [0.3, 0.4) is 0 Å². The average Bonchev–Trinajstić information content (AvgIpc) is 3.10. The van der Waals surface area contributed by atoms with E-state index in [4.69, 9.17) is 9.84 Å². The molecule has 1 amide bonds. The van der Waals surface area contributed by atoms with Gasteiger partial charge in [-0.1, -0.05) is 0 Å². The first-order chi connectivity index (χ1) is 8.62. The second-order valence-electron chi connectivity index (χ2n) is 5.06. The molecule has 2 aliphatic rings. The fourth-order valence-electron chi connectivity index (χ4n) is 2.26. The van der Waals surface area contributed by atoms with Gasteiger partial charge in [-0.05, 0) is 12.8 Å². The van der Waals surface area contributed by atoms with E-state index in [-0.39, 0.29) is 12.3 Å². The smallest absolute Gasteiger partial charge is 0.304 e. The zero-order valence-electron chi connectivity index (χ0n) is 10.5.